The van der Waals surface area contributed by atoms with Crippen LogP contribution in [0.5, 0.6) is 0 Å². The first-order valence-corrected chi connectivity index (χ1v) is 8.71. The van der Waals surface area contributed by atoms with E-state index in [4.69, 9.17) is 10.9 Å². The average Bonchev–Trinajstić information content (AvgIpc) is 2.74. The highest BCUT2D eigenvalue weighted by Crippen LogP contribution is 2.36. The second-order valence-corrected chi connectivity index (χ2v) is 7.07. The lowest BCUT2D eigenvalue weighted by atomic mass is 9.78. The monoisotopic (exact) mass is 299 g/mol. The van der Waals surface area contributed by atoms with Crippen LogP contribution in [0.4, 0.5) is 0 Å². The molecule has 1 heterocycles. The molecule has 0 aromatic rings. The van der Waals surface area contributed by atoms with Crippen molar-refractivity contribution in [3.63, 3.8) is 0 Å². The molecule has 2 aliphatic rings. The summed E-state index contributed by atoms with van der Waals surface area (Å²) in [4.78, 5) is 12.8. The molecule has 1 aliphatic carbocycles. The van der Waals surface area contributed by atoms with Crippen LogP contribution in [0.15, 0.2) is 5.16 Å². The lowest BCUT2D eigenvalue weighted by Gasteiger charge is -2.33. The fraction of sp³-hybridized carbons (Fsp3) is 0.857. The summed E-state index contributed by atoms with van der Waals surface area (Å²) < 4.78 is 0. The average molecular weight is 299 g/mol. The molecule has 0 bridgehead atoms. The summed E-state index contributed by atoms with van der Waals surface area (Å²) in [7, 11) is 0. The summed E-state index contributed by atoms with van der Waals surface area (Å²) in [5, 5.41) is 15.4. The van der Waals surface area contributed by atoms with Gasteiger partial charge in [-0.25, -0.2) is 0 Å². The standard InChI is InChI=1S/C14H25N3O2S/c15-12(17-19)14(7-3-1-2-4-8-14)13(18)16-11-5-9-20-10-6-11/h11,19H,1-10H2,(H2,15,17)(H,16,18). The Morgan fingerprint density at radius 3 is 2.35 bits per heavy atom. The van der Waals surface area contributed by atoms with E-state index in [0.29, 0.717) is 12.8 Å². The molecule has 0 radical (unpaired) electrons. The molecule has 0 unspecified atom stereocenters. The Bertz CT molecular complexity index is 359. The molecule has 4 N–H and O–H groups in total. The van der Waals surface area contributed by atoms with Crippen molar-refractivity contribution in [2.75, 3.05) is 11.5 Å². The Morgan fingerprint density at radius 2 is 1.80 bits per heavy atom. The molecular weight excluding hydrogens is 274 g/mol. The SMILES string of the molecule is NC(=NO)C1(C(=O)NC2CCSCC2)CCCCCC1. The lowest BCUT2D eigenvalue weighted by molar-refractivity contribution is -0.129. The number of nitrogens with two attached hydrogens (primary N) is 1. The Balaban J connectivity index is 2.10. The fourth-order valence-corrected chi connectivity index (χ4v) is 4.30. The molecule has 1 amide bonds. The molecular formula is C14H25N3O2S. The van der Waals surface area contributed by atoms with Crippen molar-refractivity contribution in [2.24, 2.45) is 16.3 Å². The number of rotatable bonds is 3. The van der Waals surface area contributed by atoms with E-state index in [-0.39, 0.29) is 17.8 Å². The number of thioether (sulfide) groups is 1. The Hall–Kier alpha value is -0.910. The number of hydrogen-bond acceptors (Lipinski definition) is 4. The minimum absolute atomic E-state index is 0.0356. The van der Waals surface area contributed by atoms with Crippen LogP contribution >= 0.6 is 11.8 Å². The van der Waals surface area contributed by atoms with Gasteiger partial charge in [0.2, 0.25) is 5.91 Å². The maximum absolute atomic E-state index is 12.8. The number of amidine groups is 1. The van der Waals surface area contributed by atoms with Crippen LogP contribution in [-0.4, -0.2) is 34.5 Å². The van der Waals surface area contributed by atoms with Crippen molar-refractivity contribution in [1.29, 1.82) is 0 Å². The normalized spacial score (nSPS) is 24.9. The highest BCUT2D eigenvalue weighted by atomic mass is 32.2. The van der Waals surface area contributed by atoms with Gasteiger partial charge in [-0.2, -0.15) is 11.8 Å². The van der Waals surface area contributed by atoms with Crippen molar-refractivity contribution in [3.8, 4) is 0 Å². The van der Waals surface area contributed by atoms with Crippen molar-refractivity contribution in [1.82, 2.24) is 5.32 Å². The van der Waals surface area contributed by atoms with Crippen molar-refractivity contribution < 1.29 is 10.0 Å². The molecule has 0 aromatic heterocycles. The van der Waals surface area contributed by atoms with Gasteiger partial charge in [-0.15, -0.1) is 0 Å². The van der Waals surface area contributed by atoms with E-state index < -0.39 is 5.41 Å². The third-order valence-corrected chi connectivity index (χ3v) is 5.60. The van der Waals surface area contributed by atoms with Crippen LogP contribution in [0.2, 0.25) is 0 Å². The van der Waals surface area contributed by atoms with Crippen molar-refractivity contribution in [2.45, 2.75) is 57.4 Å². The minimum atomic E-state index is -0.796. The predicted octanol–water partition coefficient (Wildman–Crippen LogP) is 2.09. The summed E-state index contributed by atoms with van der Waals surface area (Å²) in [5.74, 6) is 2.25. The van der Waals surface area contributed by atoms with Crippen LogP contribution in [0, 0.1) is 5.41 Å². The van der Waals surface area contributed by atoms with Gasteiger partial charge < -0.3 is 16.3 Å². The summed E-state index contributed by atoms with van der Waals surface area (Å²) in [6.07, 6.45) is 7.58. The van der Waals surface area contributed by atoms with E-state index in [2.05, 4.69) is 10.5 Å². The number of hydrogen-bond donors (Lipinski definition) is 3. The molecule has 1 saturated carbocycles. The lowest BCUT2D eigenvalue weighted by Crippen LogP contribution is -2.52. The molecule has 114 valence electrons. The molecule has 20 heavy (non-hydrogen) atoms. The molecule has 1 aliphatic heterocycles. The van der Waals surface area contributed by atoms with Gasteiger partial charge in [0, 0.05) is 6.04 Å². The highest BCUT2D eigenvalue weighted by Gasteiger charge is 2.43. The van der Waals surface area contributed by atoms with E-state index in [9.17, 15) is 4.79 Å². The molecule has 2 fully saturated rings. The van der Waals surface area contributed by atoms with E-state index in [1.54, 1.807) is 0 Å². The smallest absolute Gasteiger partial charge is 0.234 e. The zero-order valence-corrected chi connectivity index (χ0v) is 12.8. The fourth-order valence-electron chi connectivity index (χ4n) is 3.19. The van der Waals surface area contributed by atoms with Crippen LogP contribution in [-0.2, 0) is 4.79 Å². The molecule has 6 heteroatoms. The molecule has 1 saturated heterocycles. The first-order chi connectivity index (χ1) is 9.69. The van der Waals surface area contributed by atoms with Crippen LogP contribution in [0.3, 0.4) is 0 Å². The van der Waals surface area contributed by atoms with Crippen LogP contribution in [0.1, 0.15) is 51.4 Å². The number of nitrogens with zero attached hydrogens (tertiary/aromatic N) is 1. The first kappa shape index (κ1) is 15.5. The van der Waals surface area contributed by atoms with Crippen molar-refractivity contribution >= 4 is 23.5 Å². The summed E-state index contributed by atoms with van der Waals surface area (Å²) >= 11 is 1.93. The van der Waals surface area contributed by atoms with Crippen molar-refractivity contribution in [3.05, 3.63) is 0 Å². The van der Waals surface area contributed by atoms with Gasteiger partial charge >= 0.3 is 0 Å². The van der Waals surface area contributed by atoms with Gasteiger partial charge in [-0.3, -0.25) is 4.79 Å². The van der Waals surface area contributed by atoms with E-state index in [1.165, 1.54) is 0 Å². The first-order valence-electron chi connectivity index (χ1n) is 7.56. The Labute approximate surface area is 124 Å². The second kappa shape index (κ2) is 7.20. The largest absolute Gasteiger partial charge is 0.409 e. The van der Waals surface area contributed by atoms with Gasteiger partial charge in [0.25, 0.3) is 0 Å². The number of nitrogens with one attached hydrogen (secondary N) is 1. The maximum Gasteiger partial charge on any atom is 0.234 e. The van der Waals surface area contributed by atoms with E-state index in [0.717, 1.165) is 50.0 Å². The van der Waals surface area contributed by atoms with Gasteiger partial charge in [0.05, 0.1) is 0 Å². The number of carbonyl (C=O) groups excluding carboxylic acids is 1. The molecule has 5 nitrogen and oxygen atoms in total. The van der Waals surface area contributed by atoms with E-state index in [1.807, 2.05) is 11.8 Å². The molecule has 0 spiro atoms. The van der Waals surface area contributed by atoms with Crippen LogP contribution in [0.25, 0.3) is 0 Å². The predicted molar refractivity (Wildman–Crippen MR) is 82.0 cm³/mol. The van der Waals surface area contributed by atoms with Gasteiger partial charge in [0.1, 0.15) is 5.41 Å². The van der Waals surface area contributed by atoms with Gasteiger partial charge in [0.15, 0.2) is 5.84 Å². The van der Waals surface area contributed by atoms with Gasteiger partial charge in [-0.05, 0) is 37.2 Å². The zero-order chi connectivity index (χ0) is 14.4. The van der Waals surface area contributed by atoms with Crippen LogP contribution < -0.4 is 11.1 Å². The molecule has 0 atom stereocenters. The Kier molecular flexibility index (Phi) is 5.57. The zero-order valence-electron chi connectivity index (χ0n) is 11.9. The summed E-state index contributed by atoms with van der Waals surface area (Å²) in [5.41, 5.74) is 5.10. The van der Waals surface area contributed by atoms with E-state index >= 15 is 0 Å². The highest BCUT2D eigenvalue weighted by molar-refractivity contribution is 7.99. The summed E-state index contributed by atoms with van der Waals surface area (Å²) in [6.45, 7) is 0. The third-order valence-electron chi connectivity index (χ3n) is 4.55. The quantitative estimate of drug-likeness (QED) is 0.245. The van der Waals surface area contributed by atoms with Gasteiger partial charge in [-0.1, -0.05) is 30.8 Å². The molecule has 2 rings (SSSR count). The Morgan fingerprint density at radius 1 is 1.20 bits per heavy atom. The summed E-state index contributed by atoms with van der Waals surface area (Å²) in [6, 6.07) is 0.246. The maximum atomic E-state index is 12.8. The molecule has 0 aromatic carbocycles. The number of carbonyl (C=O) groups is 1. The topological polar surface area (TPSA) is 87.7 Å². The number of oxime groups is 1. The minimum Gasteiger partial charge on any atom is -0.409 e. The third kappa shape index (κ3) is 3.40. The number of amides is 1. The second-order valence-electron chi connectivity index (χ2n) is 5.84.